The van der Waals surface area contributed by atoms with Gasteiger partial charge in [0.15, 0.2) is 0 Å². The molecule has 1 N–H and O–H groups in total. The van der Waals surface area contributed by atoms with Crippen LogP contribution in [0.25, 0.3) is 0 Å². The molecular weight excluding hydrogens is 350 g/mol. The van der Waals surface area contributed by atoms with Gasteiger partial charge in [-0.2, -0.15) is 20.5 Å². The molecule has 3 aromatic carbocycles. The predicted octanol–water partition coefficient (Wildman–Crippen LogP) is 6.82. The van der Waals surface area contributed by atoms with E-state index in [1.54, 1.807) is 24.3 Å². The molecule has 6 nitrogen and oxygen atoms in total. The molecular formula is C22H21N5O. The Morgan fingerprint density at radius 2 is 0.893 bits per heavy atom. The van der Waals surface area contributed by atoms with Crippen molar-refractivity contribution >= 4 is 28.4 Å². The van der Waals surface area contributed by atoms with E-state index in [0.717, 1.165) is 30.2 Å². The molecule has 0 unspecified atom stereocenters. The van der Waals surface area contributed by atoms with Crippen LogP contribution in [-0.4, -0.2) is 18.2 Å². The first-order chi connectivity index (χ1) is 13.8. The number of azo groups is 2. The summed E-state index contributed by atoms with van der Waals surface area (Å²) in [6, 6.07) is 22.2. The molecule has 1 saturated heterocycles. The molecule has 1 aliphatic rings. The Balaban J connectivity index is 1.37. The van der Waals surface area contributed by atoms with Crippen LogP contribution in [0, 0.1) is 0 Å². The van der Waals surface area contributed by atoms with E-state index in [-0.39, 0.29) is 5.75 Å². The number of aromatic hydroxyl groups is 1. The van der Waals surface area contributed by atoms with Crippen LogP contribution >= 0.6 is 0 Å². The van der Waals surface area contributed by atoms with Crippen molar-refractivity contribution in [2.75, 3.05) is 18.0 Å². The zero-order valence-electron chi connectivity index (χ0n) is 15.4. The molecule has 0 aromatic heterocycles. The van der Waals surface area contributed by atoms with Crippen molar-refractivity contribution in [3.8, 4) is 5.75 Å². The number of benzene rings is 3. The number of rotatable bonds is 5. The van der Waals surface area contributed by atoms with Crippen LogP contribution in [0.15, 0.2) is 93.3 Å². The van der Waals surface area contributed by atoms with Crippen LogP contribution in [0.4, 0.5) is 28.4 Å². The van der Waals surface area contributed by atoms with E-state index in [4.69, 9.17) is 0 Å². The van der Waals surface area contributed by atoms with Gasteiger partial charge in [-0.15, -0.1) is 0 Å². The topological polar surface area (TPSA) is 72.9 Å². The molecule has 140 valence electrons. The standard InChI is InChI=1S/C22H21N5O/c28-22-13-9-20(10-14-22)26-24-18-5-3-17(4-6-18)23-25-19-7-11-21(12-8-19)27-15-1-2-16-27/h3-14,28H,1-2,15-16H2. The molecule has 0 saturated carbocycles. The summed E-state index contributed by atoms with van der Waals surface area (Å²) in [5.41, 5.74) is 4.24. The Morgan fingerprint density at radius 1 is 0.536 bits per heavy atom. The quantitative estimate of drug-likeness (QED) is 0.500. The number of hydrogen-bond acceptors (Lipinski definition) is 6. The van der Waals surface area contributed by atoms with E-state index in [2.05, 4.69) is 37.5 Å². The smallest absolute Gasteiger partial charge is 0.115 e. The van der Waals surface area contributed by atoms with Crippen molar-refractivity contribution in [2.45, 2.75) is 12.8 Å². The lowest BCUT2D eigenvalue weighted by Crippen LogP contribution is -2.17. The van der Waals surface area contributed by atoms with Crippen molar-refractivity contribution in [1.29, 1.82) is 0 Å². The van der Waals surface area contributed by atoms with E-state index in [9.17, 15) is 5.11 Å². The monoisotopic (exact) mass is 371 g/mol. The highest BCUT2D eigenvalue weighted by Crippen LogP contribution is 2.26. The number of phenols is 1. The van der Waals surface area contributed by atoms with Gasteiger partial charge in [-0.3, -0.25) is 0 Å². The molecule has 0 spiro atoms. The van der Waals surface area contributed by atoms with Crippen LogP contribution in [0.2, 0.25) is 0 Å². The van der Waals surface area contributed by atoms with E-state index < -0.39 is 0 Å². The van der Waals surface area contributed by atoms with E-state index in [1.165, 1.54) is 18.5 Å². The van der Waals surface area contributed by atoms with Crippen molar-refractivity contribution in [3.63, 3.8) is 0 Å². The van der Waals surface area contributed by atoms with Gasteiger partial charge in [0.2, 0.25) is 0 Å². The van der Waals surface area contributed by atoms with Gasteiger partial charge in [-0.25, -0.2) is 0 Å². The average Bonchev–Trinajstić information content (AvgIpc) is 3.28. The highest BCUT2D eigenvalue weighted by molar-refractivity contribution is 5.54. The van der Waals surface area contributed by atoms with Crippen molar-refractivity contribution in [2.24, 2.45) is 20.5 Å². The summed E-state index contributed by atoms with van der Waals surface area (Å²) >= 11 is 0. The highest BCUT2D eigenvalue weighted by atomic mass is 16.3. The molecule has 1 heterocycles. The summed E-state index contributed by atoms with van der Waals surface area (Å²) in [5.74, 6) is 0.208. The summed E-state index contributed by atoms with van der Waals surface area (Å²) in [6.07, 6.45) is 2.54. The molecule has 3 aromatic rings. The van der Waals surface area contributed by atoms with E-state index in [1.807, 2.05) is 36.4 Å². The van der Waals surface area contributed by atoms with Gasteiger partial charge in [0, 0.05) is 18.8 Å². The SMILES string of the molecule is Oc1ccc(N=Nc2ccc(N=Nc3ccc(N4CCCC4)cc3)cc2)cc1. The second kappa shape index (κ2) is 8.43. The number of phenolic OH excluding ortho intramolecular Hbond substituents is 1. The zero-order valence-corrected chi connectivity index (χ0v) is 15.4. The fourth-order valence-electron chi connectivity index (χ4n) is 3.04. The Bertz CT molecular complexity index is 957. The largest absolute Gasteiger partial charge is 0.508 e. The van der Waals surface area contributed by atoms with Gasteiger partial charge in [-0.1, -0.05) is 0 Å². The first kappa shape index (κ1) is 17.9. The first-order valence-corrected chi connectivity index (χ1v) is 9.34. The second-order valence-electron chi connectivity index (χ2n) is 6.64. The Morgan fingerprint density at radius 3 is 1.32 bits per heavy atom. The van der Waals surface area contributed by atoms with E-state index in [0.29, 0.717) is 5.69 Å². The van der Waals surface area contributed by atoms with Gasteiger partial charge in [0.1, 0.15) is 5.75 Å². The Labute approximate surface area is 163 Å². The fraction of sp³-hybridized carbons (Fsp3) is 0.182. The van der Waals surface area contributed by atoms with Gasteiger partial charge >= 0.3 is 0 Å². The maximum atomic E-state index is 9.27. The summed E-state index contributed by atoms with van der Waals surface area (Å²) in [6.45, 7) is 2.27. The summed E-state index contributed by atoms with van der Waals surface area (Å²) in [4.78, 5) is 2.40. The molecule has 1 aliphatic heterocycles. The van der Waals surface area contributed by atoms with E-state index >= 15 is 0 Å². The van der Waals surface area contributed by atoms with Gasteiger partial charge < -0.3 is 10.0 Å². The Hall–Kier alpha value is -3.54. The maximum absolute atomic E-state index is 9.27. The number of anilines is 1. The summed E-state index contributed by atoms with van der Waals surface area (Å²) in [7, 11) is 0. The maximum Gasteiger partial charge on any atom is 0.115 e. The third kappa shape index (κ3) is 4.59. The summed E-state index contributed by atoms with van der Waals surface area (Å²) < 4.78 is 0. The second-order valence-corrected chi connectivity index (χ2v) is 6.64. The third-order valence-corrected chi connectivity index (χ3v) is 4.58. The molecule has 0 radical (unpaired) electrons. The van der Waals surface area contributed by atoms with Crippen LogP contribution in [0.3, 0.4) is 0 Å². The third-order valence-electron chi connectivity index (χ3n) is 4.58. The number of hydrogen-bond donors (Lipinski definition) is 1. The van der Waals surface area contributed by atoms with Crippen molar-refractivity contribution in [1.82, 2.24) is 0 Å². The highest BCUT2D eigenvalue weighted by Gasteiger charge is 2.11. The molecule has 6 heteroatoms. The van der Waals surface area contributed by atoms with Gasteiger partial charge in [0.25, 0.3) is 0 Å². The van der Waals surface area contributed by atoms with Crippen LogP contribution in [-0.2, 0) is 0 Å². The van der Waals surface area contributed by atoms with Crippen molar-refractivity contribution in [3.05, 3.63) is 72.8 Å². The van der Waals surface area contributed by atoms with Crippen LogP contribution < -0.4 is 4.90 Å². The minimum atomic E-state index is 0.208. The van der Waals surface area contributed by atoms with Crippen LogP contribution in [0.1, 0.15) is 12.8 Å². The average molecular weight is 371 g/mol. The molecule has 0 amide bonds. The molecule has 0 aliphatic carbocycles. The zero-order chi connectivity index (χ0) is 19.2. The molecule has 28 heavy (non-hydrogen) atoms. The minimum absolute atomic E-state index is 0.208. The lowest BCUT2D eigenvalue weighted by molar-refractivity contribution is 0.475. The summed E-state index contributed by atoms with van der Waals surface area (Å²) in [5, 5.41) is 26.2. The first-order valence-electron chi connectivity index (χ1n) is 9.34. The molecule has 0 bridgehead atoms. The van der Waals surface area contributed by atoms with Crippen molar-refractivity contribution < 1.29 is 5.11 Å². The molecule has 1 fully saturated rings. The lowest BCUT2D eigenvalue weighted by Gasteiger charge is -2.17. The Kier molecular flexibility index (Phi) is 5.38. The van der Waals surface area contributed by atoms with Crippen LogP contribution in [0.5, 0.6) is 5.75 Å². The normalized spacial score (nSPS) is 14.4. The van der Waals surface area contributed by atoms with Gasteiger partial charge in [-0.05, 0) is 85.6 Å². The van der Waals surface area contributed by atoms with Gasteiger partial charge in [0.05, 0.1) is 22.7 Å². The molecule has 4 rings (SSSR count). The predicted molar refractivity (Wildman–Crippen MR) is 111 cm³/mol. The number of nitrogens with zero attached hydrogens (tertiary/aromatic N) is 5. The lowest BCUT2D eigenvalue weighted by atomic mass is 10.2. The minimum Gasteiger partial charge on any atom is -0.508 e. The molecule has 0 atom stereocenters. The fourth-order valence-corrected chi connectivity index (χ4v) is 3.04.